The van der Waals surface area contributed by atoms with Gasteiger partial charge in [0.05, 0.1) is 6.20 Å². The van der Waals surface area contributed by atoms with Crippen molar-refractivity contribution < 1.29 is 18.9 Å². The number of fused-ring (bicyclic) bond motifs is 3. The molecule has 1 aromatic carbocycles. The van der Waals surface area contributed by atoms with E-state index in [-0.39, 0.29) is 12.5 Å². The number of carbonyl (C=O) groups is 1. The van der Waals surface area contributed by atoms with Crippen LogP contribution in [-0.2, 0) is 17.6 Å². The van der Waals surface area contributed by atoms with Crippen molar-refractivity contribution in [2.24, 2.45) is 0 Å². The number of H-pyrrole nitrogens is 1. The van der Waals surface area contributed by atoms with Crippen molar-refractivity contribution in [3.8, 4) is 5.75 Å². The van der Waals surface area contributed by atoms with Crippen LogP contribution in [0.25, 0.3) is 11.0 Å². The third kappa shape index (κ3) is 3.36. The van der Waals surface area contributed by atoms with Crippen molar-refractivity contribution in [3.63, 3.8) is 0 Å². The third-order valence-corrected chi connectivity index (χ3v) is 4.54. The second-order valence-corrected chi connectivity index (χ2v) is 6.49. The van der Waals surface area contributed by atoms with Crippen molar-refractivity contribution in [3.05, 3.63) is 53.4 Å². The number of rotatable bonds is 4. The Morgan fingerprint density at radius 2 is 2.12 bits per heavy atom. The molecule has 0 radical (unpaired) electrons. The number of ether oxygens (including phenoxy) is 1. The van der Waals surface area contributed by atoms with Crippen molar-refractivity contribution in [2.45, 2.75) is 32.6 Å². The van der Waals surface area contributed by atoms with Crippen LogP contribution in [0.4, 0.5) is 5.82 Å². The molecule has 0 saturated heterocycles. The highest BCUT2D eigenvalue weighted by atomic mass is 16.5. The average Bonchev–Trinajstić information content (AvgIpc) is 3.00. The first-order chi connectivity index (χ1) is 12.2. The standard InChI is InChI=1S/C20H20N2O3/c1-13-6-9-19(21-11-13)22-20(23)12-24-14-7-8-18-16(10-14)15-4-2-3-5-17(15)25-18/h6-11H,2-5,12H2,1H3,(H,21,22,23)/p+1. The lowest BCUT2D eigenvalue weighted by Gasteiger charge is -2.09. The second-order valence-electron chi connectivity index (χ2n) is 6.49. The summed E-state index contributed by atoms with van der Waals surface area (Å²) in [5.41, 5.74) is 3.30. The topological polar surface area (TPSA) is 65.6 Å². The van der Waals surface area contributed by atoms with Crippen molar-refractivity contribution >= 4 is 22.7 Å². The summed E-state index contributed by atoms with van der Waals surface area (Å²) < 4.78 is 11.6. The molecule has 25 heavy (non-hydrogen) atoms. The van der Waals surface area contributed by atoms with Gasteiger partial charge < -0.3 is 9.15 Å². The van der Waals surface area contributed by atoms with Crippen LogP contribution in [-0.4, -0.2) is 12.5 Å². The molecule has 1 aliphatic carbocycles. The van der Waals surface area contributed by atoms with Gasteiger partial charge in [0.25, 0.3) is 5.82 Å². The van der Waals surface area contributed by atoms with E-state index < -0.39 is 0 Å². The third-order valence-electron chi connectivity index (χ3n) is 4.54. The van der Waals surface area contributed by atoms with Crippen LogP contribution in [0.2, 0.25) is 0 Å². The van der Waals surface area contributed by atoms with Gasteiger partial charge in [0, 0.05) is 23.4 Å². The first-order valence-electron chi connectivity index (χ1n) is 8.64. The number of nitrogens with one attached hydrogen (secondary N) is 2. The van der Waals surface area contributed by atoms with Crippen LogP contribution < -0.4 is 15.0 Å². The van der Waals surface area contributed by atoms with Gasteiger partial charge in [-0.15, -0.1) is 0 Å². The lowest BCUT2D eigenvalue weighted by Crippen LogP contribution is -2.24. The smallest absolute Gasteiger partial charge is 0.345 e. The molecule has 5 heteroatoms. The summed E-state index contributed by atoms with van der Waals surface area (Å²) in [5.74, 6) is 2.24. The zero-order valence-corrected chi connectivity index (χ0v) is 14.2. The number of amides is 1. The first kappa shape index (κ1) is 15.7. The molecular weight excluding hydrogens is 316 g/mol. The van der Waals surface area contributed by atoms with E-state index in [9.17, 15) is 4.79 Å². The predicted molar refractivity (Wildman–Crippen MR) is 94.7 cm³/mol. The summed E-state index contributed by atoms with van der Waals surface area (Å²) in [4.78, 5) is 15.1. The number of anilines is 1. The molecule has 0 saturated carbocycles. The molecule has 3 aromatic rings. The summed E-state index contributed by atoms with van der Waals surface area (Å²) in [6.07, 6.45) is 6.28. The predicted octanol–water partition coefficient (Wildman–Crippen LogP) is 3.45. The molecule has 4 rings (SSSR count). The quantitative estimate of drug-likeness (QED) is 0.793. The van der Waals surface area contributed by atoms with Gasteiger partial charge in [0.15, 0.2) is 6.61 Å². The van der Waals surface area contributed by atoms with Gasteiger partial charge in [0.1, 0.15) is 17.1 Å². The molecule has 2 N–H and O–H groups in total. The molecule has 0 spiro atoms. The zero-order valence-electron chi connectivity index (χ0n) is 14.2. The SMILES string of the molecule is Cc1ccc(NC(=O)COc2ccc3oc4c(c3c2)CCCC4)[nH+]c1. The fraction of sp³-hybridized carbons (Fsp3) is 0.300. The number of aromatic amines is 1. The van der Waals surface area contributed by atoms with Crippen molar-refractivity contribution in [1.82, 2.24) is 0 Å². The van der Waals surface area contributed by atoms with Gasteiger partial charge in [-0.3, -0.25) is 0 Å². The molecule has 128 valence electrons. The number of hydrogen-bond donors (Lipinski definition) is 1. The van der Waals surface area contributed by atoms with Crippen LogP contribution in [0.1, 0.15) is 29.7 Å². The van der Waals surface area contributed by atoms with Crippen LogP contribution in [0, 0.1) is 6.92 Å². The highest BCUT2D eigenvalue weighted by Gasteiger charge is 2.18. The fourth-order valence-electron chi connectivity index (χ4n) is 3.25. The molecule has 0 aliphatic heterocycles. The lowest BCUT2D eigenvalue weighted by molar-refractivity contribution is -0.361. The number of furan rings is 1. The number of aryl methyl sites for hydroxylation is 3. The minimum Gasteiger partial charge on any atom is -0.481 e. The molecule has 0 fully saturated rings. The summed E-state index contributed by atoms with van der Waals surface area (Å²) in [7, 11) is 0. The molecule has 0 unspecified atom stereocenters. The highest BCUT2D eigenvalue weighted by Crippen LogP contribution is 2.33. The Balaban J connectivity index is 1.43. The number of carbonyl (C=O) groups excluding carboxylic acids is 1. The lowest BCUT2D eigenvalue weighted by atomic mass is 9.96. The van der Waals surface area contributed by atoms with Crippen LogP contribution in [0.15, 0.2) is 40.9 Å². The van der Waals surface area contributed by atoms with Gasteiger partial charge in [-0.2, -0.15) is 0 Å². The maximum atomic E-state index is 12.0. The van der Waals surface area contributed by atoms with Crippen molar-refractivity contribution in [2.75, 3.05) is 11.9 Å². The summed E-state index contributed by atoms with van der Waals surface area (Å²) in [5, 5.41) is 3.89. The van der Waals surface area contributed by atoms with E-state index in [4.69, 9.17) is 9.15 Å². The highest BCUT2D eigenvalue weighted by molar-refractivity contribution is 5.90. The first-order valence-corrected chi connectivity index (χ1v) is 8.64. The molecule has 0 atom stereocenters. The maximum absolute atomic E-state index is 12.0. The van der Waals surface area contributed by atoms with E-state index >= 15 is 0 Å². The monoisotopic (exact) mass is 337 g/mol. The molecule has 1 amide bonds. The van der Waals surface area contributed by atoms with E-state index in [1.54, 1.807) is 0 Å². The summed E-state index contributed by atoms with van der Waals surface area (Å²) in [6, 6.07) is 9.52. The largest absolute Gasteiger partial charge is 0.481 e. The Bertz CT molecular complexity index is 913. The molecule has 5 nitrogen and oxygen atoms in total. The summed E-state index contributed by atoms with van der Waals surface area (Å²) >= 11 is 0. The minimum atomic E-state index is -0.200. The molecule has 2 aromatic heterocycles. The van der Waals surface area contributed by atoms with E-state index in [0.717, 1.165) is 35.1 Å². The van der Waals surface area contributed by atoms with Gasteiger partial charge in [-0.1, -0.05) is 0 Å². The fourth-order valence-corrected chi connectivity index (χ4v) is 3.25. The van der Waals surface area contributed by atoms with Crippen molar-refractivity contribution in [1.29, 1.82) is 0 Å². The average molecular weight is 337 g/mol. The van der Waals surface area contributed by atoms with Gasteiger partial charge >= 0.3 is 5.91 Å². The number of pyridine rings is 1. The summed E-state index contributed by atoms with van der Waals surface area (Å²) in [6.45, 7) is 1.95. The Kier molecular flexibility index (Phi) is 4.14. The van der Waals surface area contributed by atoms with E-state index in [1.165, 1.54) is 18.4 Å². The van der Waals surface area contributed by atoms with Gasteiger partial charge in [-0.25, -0.2) is 15.1 Å². The second kappa shape index (κ2) is 6.59. The molecular formula is C20H21N2O3+. The van der Waals surface area contributed by atoms with Gasteiger partial charge in [0.2, 0.25) is 0 Å². The maximum Gasteiger partial charge on any atom is 0.345 e. The van der Waals surface area contributed by atoms with Crippen LogP contribution in [0.3, 0.4) is 0 Å². The van der Waals surface area contributed by atoms with E-state index in [0.29, 0.717) is 11.6 Å². The van der Waals surface area contributed by atoms with Gasteiger partial charge in [-0.05, 0) is 56.0 Å². The van der Waals surface area contributed by atoms with E-state index in [2.05, 4.69) is 10.3 Å². The molecule has 0 bridgehead atoms. The Morgan fingerprint density at radius 1 is 1.24 bits per heavy atom. The number of benzene rings is 1. The Hall–Kier alpha value is -2.82. The van der Waals surface area contributed by atoms with Crippen LogP contribution >= 0.6 is 0 Å². The molecule has 2 heterocycles. The Labute approximate surface area is 146 Å². The zero-order chi connectivity index (χ0) is 17.2. The number of hydrogen-bond acceptors (Lipinski definition) is 3. The van der Waals surface area contributed by atoms with E-state index in [1.807, 2.05) is 43.5 Å². The normalized spacial score (nSPS) is 13.5. The molecule has 1 aliphatic rings. The minimum absolute atomic E-state index is 0.0345. The Morgan fingerprint density at radius 3 is 2.96 bits per heavy atom. The number of aromatic nitrogens is 1. The van der Waals surface area contributed by atoms with Crippen LogP contribution in [0.5, 0.6) is 5.75 Å².